The van der Waals surface area contributed by atoms with Gasteiger partial charge < -0.3 is 5.32 Å². The number of aryl methyl sites for hydroxylation is 2. The zero-order valence-corrected chi connectivity index (χ0v) is 19.0. The zero-order chi connectivity index (χ0) is 22.6. The largest absolute Gasteiger partial charge is 0.345 e. The second-order valence-corrected chi connectivity index (χ2v) is 9.74. The molecule has 162 valence electrons. The highest BCUT2D eigenvalue weighted by molar-refractivity contribution is 7.92. The van der Waals surface area contributed by atoms with Crippen LogP contribution in [-0.2, 0) is 10.0 Å². The van der Waals surface area contributed by atoms with Crippen LogP contribution in [0, 0.1) is 19.8 Å². The Morgan fingerprint density at radius 3 is 2.23 bits per heavy atom. The monoisotopic (exact) mass is 436 g/mol. The number of nitrogens with one attached hydrogen (secondary N) is 2. The Morgan fingerprint density at radius 2 is 1.58 bits per heavy atom. The number of rotatable bonds is 7. The molecule has 3 rings (SSSR count). The third-order valence-electron chi connectivity index (χ3n) is 5.14. The Kier molecular flexibility index (Phi) is 6.81. The average Bonchev–Trinajstić information content (AvgIpc) is 2.73. The number of anilines is 1. The van der Waals surface area contributed by atoms with Gasteiger partial charge in [0.05, 0.1) is 10.9 Å². The standard InChI is InChI=1S/C25H28N2O3S/c1-17(2)24(23-14-13-18(3)15-19(23)4)26-25(28)20-9-8-10-21(16-20)27-31(29,30)22-11-6-5-7-12-22/h5-17,24,27H,1-4H3,(H,26,28)/t24-/m0/s1. The van der Waals surface area contributed by atoms with Gasteiger partial charge in [-0.3, -0.25) is 9.52 Å². The lowest BCUT2D eigenvalue weighted by atomic mass is 9.91. The minimum atomic E-state index is -3.73. The highest BCUT2D eigenvalue weighted by atomic mass is 32.2. The van der Waals surface area contributed by atoms with Gasteiger partial charge in [0, 0.05) is 11.3 Å². The van der Waals surface area contributed by atoms with E-state index in [2.05, 4.69) is 36.0 Å². The Bertz CT molecular complexity index is 1170. The van der Waals surface area contributed by atoms with Crippen LogP contribution in [0.15, 0.2) is 77.7 Å². The summed E-state index contributed by atoms with van der Waals surface area (Å²) in [6, 6.07) is 20.7. The van der Waals surface area contributed by atoms with Crippen LogP contribution in [0.1, 0.15) is 46.9 Å². The highest BCUT2D eigenvalue weighted by Gasteiger charge is 2.21. The highest BCUT2D eigenvalue weighted by Crippen LogP contribution is 2.26. The molecule has 0 fully saturated rings. The first-order valence-corrected chi connectivity index (χ1v) is 11.7. The van der Waals surface area contributed by atoms with Gasteiger partial charge in [0.2, 0.25) is 0 Å². The van der Waals surface area contributed by atoms with Crippen molar-refractivity contribution in [2.75, 3.05) is 4.72 Å². The number of hydrogen-bond donors (Lipinski definition) is 2. The van der Waals surface area contributed by atoms with E-state index in [1.165, 1.54) is 17.7 Å². The van der Waals surface area contributed by atoms with Crippen LogP contribution >= 0.6 is 0 Å². The van der Waals surface area contributed by atoms with E-state index in [1.807, 2.05) is 19.9 Å². The molecule has 3 aromatic carbocycles. The second-order valence-electron chi connectivity index (χ2n) is 8.05. The van der Waals surface area contributed by atoms with Crippen molar-refractivity contribution in [2.45, 2.75) is 38.6 Å². The summed E-state index contributed by atoms with van der Waals surface area (Å²) in [6.07, 6.45) is 0. The van der Waals surface area contributed by atoms with Crippen molar-refractivity contribution < 1.29 is 13.2 Å². The van der Waals surface area contributed by atoms with Gasteiger partial charge in [-0.25, -0.2) is 8.42 Å². The van der Waals surface area contributed by atoms with Gasteiger partial charge in [0.15, 0.2) is 0 Å². The summed E-state index contributed by atoms with van der Waals surface area (Å²) >= 11 is 0. The number of carbonyl (C=O) groups excluding carboxylic acids is 1. The molecule has 0 radical (unpaired) electrons. The fourth-order valence-corrected chi connectivity index (χ4v) is 4.61. The van der Waals surface area contributed by atoms with Crippen molar-refractivity contribution in [3.05, 3.63) is 95.1 Å². The topological polar surface area (TPSA) is 75.3 Å². The maximum atomic E-state index is 13.0. The van der Waals surface area contributed by atoms with Gasteiger partial charge in [0.1, 0.15) is 0 Å². The van der Waals surface area contributed by atoms with E-state index in [0.29, 0.717) is 11.3 Å². The molecule has 0 saturated heterocycles. The van der Waals surface area contributed by atoms with Crippen molar-refractivity contribution in [1.29, 1.82) is 0 Å². The molecule has 0 saturated carbocycles. The van der Waals surface area contributed by atoms with E-state index in [1.54, 1.807) is 42.5 Å². The number of carbonyl (C=O) groups is 1. The van der Waals surface area contributed by atoms with Crippen LogP contribution in [-0.4, -0.2) is 14.3 Å². The third-order valence-corrected chi connectivity index (χ3v) is 6.54. The molecule has 31 heavy (non-hydrogen) atoms. The SMILES string of the molecule is Cc1ccc([C@@H](NC(=O)c2cccc(NS(=O)(=O)c3ccccc3)c2)C(C)C)c(C)c1. The number of sulfonamides is 1. The first kappa shape index (κ1) is 22.6. The maximum Gasteiger partial charge on any atom is 0.261 e. The van der Waals surface area contributed by atoms with Gasteiger partial charge in [-0.2, -0.15) is 0 Å². The van der Waals surface area contributed by atoms with Crippen molar-refractivity contribution >= 4 is 21.6 Å². The van der Waals surface area contributed by atoms with E-state index >= 15 is 0 Å². The summed E-state index contributed by atoms with van der Waals surface area (Å²) in [6.45, 7) is 8.22. The summed E-state index contributed by atoms with van der Waals surface area (Å²) in [4.78, 5) is 13.2. The number of benzene rings is 3. The first-order valence-electron chi connectivity index (χ1n) is 10.2. The second kappa shape index (κ2) is 9.35. The lowest BCUT2D eigenvalue weighted by Crippen LogP contribution is -2.32. The first-order chi connectivity index (χ1) is 14.7. The van der Waals surface area contributed by atoms with E-state index < -0.39 is 10.0 Å². The van der Waals surface area contributed by atoms with Crippen LogP contribution in [0.25, 0.3) is 0 Å². The fourth-order valence-electron chi connectivity index (χ4n) is 3.54. The molecular formula is C25H28N2O3S. The molecule has 1 amide bonds. The van der Waals surface area contributed by atoms with Crippen LogP contribution < -0.4 is 10.0 Å². The van der Waals surface area contributed by atoms with Crippen LogP contribution in [0.2, 0.25) is 0 Å². The van der Waals surface area contributed by atoms with Crippen molar-refractivity contribution in [2.24, 2.45) is 5.92 Å². The quantitative estimate of drug-likeness (QED) is 0.532. The summed E-state index contributed by atoms with van der Waals surface area (Å²) in [5, 5.41) is 3.11. The predicted octanol–water partition coefficient (Wildman–Crippen LogP) is 5.23. The predicted molar refractivity (Wildman–Crippen MR) is 125 cm³/mol. The van der Waals surface area contributed by atoms with Crippen LogP contribution in [0.3, 0.4) is 0 Å². The van der Waals surface area contributed by atoms with Gasteiger partial charge in [-0.05, 0) is 61.2 Å². The van der Waals surface area contributed by atoms with Crippen LogP contribution in [0.4, 0.5) is 5.69 Å². The van der Waals surface area contributed by atoms with Gasteiger partial charge >= 0.3 is 0 Å². The summed E-state index contributed by atoms with van der Waals surface area (Å²) in [5.74, 6) is -0.0652. The normalized spacial score (nSPS) is 12.4. The van der Waals surface area contributed by atoms with E-state index in [9.17, 15) is 13.2 Å². The maximum absolute atomic E-state index is 13.0. The lowest BCUT2D eigenvalue weighted by Gasteiger charge is -2.25. The molecule has 6 heteroatoms. The molecule has 0 aliphatic carbocycles. The Morgan fingerprint density at radius 1 is 0.871 bits per heavy atom. The molecular weight excluding hydrogens is 408 g/mol. The molecule has 1 atom stereocenters. The minimum Gasteiger partial charge on any atom is -0.345 e. The summed E-state index contributed by atoms with van der Waals surface area (Å²) < 4.78 is 27.7. The summed E-state index contributed by atoms with van der Waals surface area (Å²) in [5.41, 5.74) is 4.11. The molecule has 5 nitrogen and oxygen atoms in total. The third kappa shape index (κ3) is 5.52. The van der Waals surface area contributed by atoms with Gasteiger partial charge in [0.25, 0.3) is 15.9 Å². The zero-order valence-electron chi connectivity index (χ0n) is 18.2. The minimum absolute atomic E-state index is 0.155. The molecule has 0 spiro atoms. The van der Waals surface area contributed by atoms with Gasteiger partial charge in [-0.1, -0.05) is 61.9 Å². The van der Waals surface area contributed by atoms with E-state index in [-0.39, 0.29) is 22.8 Å². The molecule has 0 heterocycles. The molecule has 0 aliphatic rings. The van der Waals surface area contributed by atoms with E-state index in [0.717, 1.165) is 11.1 Å². The molecule has 0 unspecified atom stereocenters. The molecule has 0 aliphatic heterocycles. The molecule has 2 N–H and O–H groups in total. The lowest BCUT2D eigenvalue weighted by molar-refractivity contribution is 0.0925. The Labute approximate surface area is 184 Å². The molecule has 0 bridgehead atoms. The van der Waals surface area contributed by atoms with Crippen molar-refractivity contribution in [3.63, 3.8) is 0 Å². The van der Waals surface area contributed by atoms with E-state index in [4.69, 9.17) is 0 Å². The Hall–Kier alpha value is -3.12. The van der Waals surface area contributed by atoms with Gasteiger partial charge in [-0.15, -0.1) is 0 Å². The number of amides is 1. The summed E-state index contributed by atoms with van der Waals surface area (Å²) in [7, 11) is -3.73. The average molecular weight is 437 g/mol. The fraction of sp³-hybridized carbons (Fsp3) is 0.240. The number of hydrogen-bond acceptors (Lipinski definition) is 3. The smallest absolute Gasteiger partial charge is 0.261 e. The van der Waals surface area contributed by atoms with Crippen molar-refractivity contribution in [3.8, 4) is 0 Å². The molecule has 3 aromatic rings. The molecule has 0 aromatic heterocycles. The van der Waals surface area contributed by atoms with Crippen LogP contribution in [0.5, 0.6) is 0 Å². The van der Waals surface area contributed by atoms with Crippen molar-refractivity contribution in [1.82, 2.24) is 5.32 Å². The Balaban J connectivity index is 1.82.